The third kappa shape index (κ3) is 7.04. The van der Waals surface area contributed by atoms with Crippen LogP contribution in [-0.2, 0) is 4.74 Å². The van der Waals surface area contributed by atoms with Crippen molar-refractivity contribution < 1.29 is 23.8 Å². The Balaban J connectivity index is 0.00000341. The van der Waals surface area contributed by atoms with Gasteiger partial charge in [0.25, 0.3) is 0 Å². The smallest absolute Gasteiger partial charge is 0.162 e. The third-order valence-electron chi connectivity index (χ3n) is 4.95. The first-order valence-electron chi connectivity index (χ1n) is 9.80. The summed E-state index contributed by atoms with van der Waals surface area (Å²) in [4.78, 5) is 13.7. The van der Waals surface area contributed by atoms with Gasteiger partial charge in [-0.2, -0.15) is 0 Å². The monoisotopic (exact) mass is 491 g/mol. The first-order valence-corrected chi connectivity index (χ1v) is 10.6. The van der Waals surface area contributed by atoms with Crippen molar-refractivity contribution in [1.29, 1.82) is 0 Å². The summed E-state index contributed by atoms with van der Waals surface area (Å²) in [6.07, 6.45) is -0.680. The summed E-state index contributed by atoms with van der Waals surface area (Å²) in [5, 5.41) is 10.7. The van der Waals surface area contributed by atoms with Gasteiger partial charge in [-0.1, -0.05) is 30.1 Å². The summed E-state index contributed by atoms with van der Waals surface area (Å²) in [6.45, 7) is 3.84. The van der Waals surface area contributed by atoms with Crippen molar-refractivity contribution in [3.63, 3.8) is 0 Å². The van der Waals surface area contributed by atoms with Crippen molar-refractivity contribution >= 4 is 41.4 Å². The number of carbonyl (C=O) groups is 1. The molecule has 0 amide bonds. The van der Waals surface area contributed by atoms with E-state index in [0.29, 0.717) is 54.6 Å². The molecular weight excluding hydrogens is 468 g/mol. The van der Waals surface area contributed by atoms with Crippen LogP contribution in [0.15, 0.2) is 36.4 Å². The van der Waals surface area contributed by atoms with Crippen LogP contribution < -0.4 is 4.74 Å². The molecule has 170 valence electrons. The number of hydrogen-bond acceptors (Lipinski definition) is 5. The SMILES string of the molecule is CCC(=O)c1ccc(OCC(O)CN2CCOC(c3cc(F)c(Cl)cc3Cl)C2)cc1.Cl. The minimum atomic E-state index is -0.724. The van der Waals surface area contributed by atoms with E-state index >= 15 is 0 Å². The van der Waals surface area contributed by atoms with Gasteiger partial charge in [-0.25, -0.2) is 4.39 Å². The molecule has 0 aliphatic carbocycles. The Labute approximate surface area is 197 Å². The number of ether oxygens (including phenoxy) is 2. The average molecular weight is 493 g/mol. The number of ketones is 1. The van der Waals surface area contributed by atoms with Crippen LogP contribution in [0.1, 0.15) is 35.4 Å². The molecule has 2 unspecified atom stereocenters. The van der Waals surface area contributed by atoms with Crippen LogP contribution in [0.25, 0.3) is 0 Å². The maximum absolute atomic E-state index is 13.8. The zero-order chi connectivity index (χ0) is 21.7. The number of halogens is 4. The van der Waals surface area contributed by atoms with Crippen LogP contribution in [0.3, 0.4) is 0 Å². The summed E-state index contributed by atoms with van der Waals surface area (Å²) in [5.74, 6) is 0.117. The van der Waals surface area contributed by atoms with E-state index in [-0.39, 0.29) is 29.8 Å². The van der Waals surface area contributed by atoms with Crippen LogP contribution in [0.2, 0.25) is 10.0 Å². The Kier molecular flexibility index (Phi) is 10.0. The average Bonchev–Trinajstić information content (AvgIpc) is 2.75. The quantitative estimate of drug-likeness (QED) is 0.417. The molecule has 1 N–H and O–H groups in total. The van der Waals surface area contributed by atoms with Crippen molar-refractivity contribution in [2.24, 2.45) is 0 Å². The standard InChI is InChI=1S/C22H24Cl2FNO4.ClH/c1-2-21(28)14-3-5-16(6-4-14)30-13-15(27)11-26-7-8-29-22(12-26)17-9-20(25)19(24)10-18(17)23;/h3-6,9-10,15,22,27H,2,7-8,11-13H2,1H3;1H. The van der Waals surface area contributed by atoms with E-state index in [1.807, 2.05) is 11.8 Å². The summed E-state index contributed by atoms with van der Waals surface area (Å²) >= 11 is 12.0. The minimum Gasteiger partial charge on any atom is -0.491 e. The first kappa shape index (κ1) is 25.8. The molecule has 1 aliphatic rings. The van der Waals surface area contributed by atoms with E-state index in [9.17, 15) is 14.3 Å². The van der Waals surface area contributed by atoms with Crippen LogP contribution in [0.4, 0.5) is 4.39 Å². The van der Waals surface area contributed by atoms with Gasteiger partial charge < -0.3 is 14.6 Å². The minimum absolute atomic E-state index is 0. The molecule has 3 rings (SSSR count). The largest absolute Gasteiger partial charge is 0.491 e. The topological polar surface area (TPSA) is 59.0 Å². The number of hydrogen-bond donors (Lipinski definition) is 1. The zero-order valence-electron chi connectivity index (χ0n) is 17.0. The maximum atomic E-state index is 13.8. The lowest BCUT2D eigenvalue weighted by Crippen LogP contribution is -2.43. The van der Waals surface area contributed by atoms with Gasteiger partial charge in [0, 0.05) is 42.2 Å². The molecule has 9 heteroatoms. The van der Waals surface area contributed by atoms with E-state index < -0.39 is 18.0 Å². The Bertz CT molecular complexity index is 882. The molecule has 2 aromatic rings. The lowest BCUT2D eigenvalue weighted by molar-refractivity contribution is -0.0460. The van der Waals surface area contributed by atoms with E-state index in [4.69, 9.17) is 32.7 Å². The zero-order valence-corrected chi connectivity index (χ0v) is 19.4. The molecule has 1 heterocycles. The molecule has 0 radical (unpaired) electrons. The van der Waals surface area contributed by atoms with Crippen LogP contribution >= 0.6 is 35.6 Å². The summed E-state index contributed by atoms with van der Waals surface area (Å²) in [6, 6.07) is 9.54. The van der Waals surface area contributed by atoms with E-state index in [1.165, 1.54) is 12.1 Å². The molecule has 5 nitrogen and oxygen atoms in total. The number of morpholine rings is 1. The number of aliphatic hydroxyl groups is 1. The van der Waals surface area contributed by atoms with Crippen molar-refractivity contribution in [3.8, 4) is 5.75 Å². The van der Waals surface area contributed by atoms with E-state index in [0.717, 1.165) is 0 Å². The molecule has 2 atom stereocenters. The lowest BCUT2D eigenvalue weighted by atomic mass is 10.1. The fraction of sp³-hybridized carbons (Fsp3) is 0.409. The first-order chi connectivity index (χ1) is 14.4. The van der Waals surface area contributed by atoms with E-state index in [1.54, 1.807) is 24.3 Å². The Hall–Kier alpha value is -1.41. The molecular formula is C22H25Cl3FNO4. The molecule has 1 saturated heterocycles. The predicted molar refractivity (Wildman–Crippen MR) is 121 cm³/mol. The van der Waals surface area contributed by atoms with Gasteiger partial charge in [-0.05, 0) is 36.4 Å². The third-order valence-corrected chi connectivity index (χ3v) is 5.56. The van der Waals surface area contributed by atoms with Crippen molar-refractivity contribution in [2.45, 2.75) is 25.6 Å². The molecule has 0 aromatic heterocycles. The highest BCUT2D eigenvalue weighted by Crippen LogP contribution is 2.32. The van der Waals surface area contributed by atoms with Gasteiger partial charge in [0.2, 0.25) is 0 Å². The number of aliphatic hydroxyl groups excluding tert-OH is 1. The van der Waals surface area contributed by atoms with Crippen LogP contribution in [0.5, 0.6) is 5.75 Å². The van der Waals surface area contributed by atoms with Crippen molar-refractivity contribution in [2.75, 3.05) is 32.8 Å². The molecule has 0 saturated carbocycles. The summed E-state index contributed by atoms with van der Waals surface area (Å²) in [5.41, 5.74) is 1.18. The number of rotatable bonds is 8. The summed E-state index contributed by atoms with van der Waals surface area (Å²) in [7, 11) is 0. The second-order valence-corrected chi connectivity index (χ2v) is 7.99. The fourth-order valence-electron chi connectivity index (χ4n) is 3.33. The normalized spacial score (nSPS) is 17.6. The Morgan fingerprint density at radius 1 is 1.29 bits per heavy atom. The van der Waals surface area contributed by atoms with Gasteiger partial charge in [-0.3, -0.25) is 9.69 Å². The lowest BCUT2D eigenvalue weighted by Gasteiger charge is -2.34. The number of nitrogens with zero attached hydrogens (tertiary/aromatic N) is 1. The molecule has 31 heavy (non-hydrogen) atoms. The van der Waals surface area contributed by atoms with E-state index in [2.05, 4.69) is 0 Å². The van der Waals surface area contributed by atoms with Crippen LogP contribution in [-0.4, -0.2) is 54.7 Å². The number of carbonyl (C=O) groups excluding carboxylic acids is 1. The highest BCUT2D eigenvalue weighted by atomic mass is 35.5. The van der Waals surface area contributed by atoms with Gasteiger partial charge in [0.15, 0.2) is 5.78 Å². The maximum Gasteiger partial charge on any atom is 0.162 e. The number of benzene rings is 2. The van der Waals surface area contributed by atoms with Crippen LogP contribution in [0, 0.1) is 5.82 Å². The van der Waals surface area contributed by atoms with Gasteiger partial charge in [0.05, 0.1) is 17.7 Å². The highest BCUT2D eigenvalue weighted by Gasteiger charge is 2.26. The Morgan fingerprint density at radius 3 is 2.68 bits per heavy atom. The predicted octanol–water partition coefficient (Wildman–Crippen LogP) is 4.96. The second kappa shape index (κ2) is 12.0. The van der Waals surface area contributed by atoms with Gasteiger partial charge in [0.1, 0.15) is 24.3 Å². The molecule has 0 bridgehead atoms. The van der Waals surface area contributed by atoms with Gasteiger partial charge >= 0.3 is 0 Å². The summed E-state index contributed by atoms with van der Waals surface area (Å²) < 4.78 is 25.2. The number of β-amino-alcohol motifs (C(OH)–C–C–N with tert-alkyl or cyclic N) is 1. The highest BCUT2D eigenvalue weighted by molar-refractivity contribution is 6.35. The molecule has 2 aromatic carbocycles. The number of Topliss-reactive ketones (excluding diaryl/α,β-unsaturated/α-hetero) is 1. The van der Waals surface area contributed by atoms with Crippen molar-refractivity contribution in [3.05, 3.63) is 63.4 Å². The Morgan fingerprint density at radius 2 is 2.00 bits per heavy atom. The molecule has 0 spiro atoms. The second-order valence-electron chi connectivity index (χ2n) is 7.17. The molecule has 1 fully saturated rings. The van der Waals surface area contributed by atoms with Gasteiger partial charge in [-0.15, -0.1) is 12.4 Å². The molecule has 1 aliphatic heterocycles. The fourth-order valence-corrected chi connectivity index (χ4v) is 3.83. The van der Waals surface area contributed by atoms with Crippen molar-refractivity contribution in [1.82, 2.24) is 4.90 Å².